The number of nitro groups is 1. The highest BCUT2D eigenvalue weighted by molar-refractivity contribution is 8.00. The molecule has 0 radical (unpaired) electrons. The summed E-state index contributed by atoms with van der Waals surface area (Å²) < 4.78 is 1.45. The van der Waals surface area contributed by atoms with E-state index in [1.807, 2.05) is 13.8 Å². The number of piperidine rings is 1. The van der Waals surface area contributed by atoms with Gasteiger partial charge in [-0.05, 0) is 31.4 Å². The Bertz CT molecular complexity index is 1290. The fraction of sp³-hybridized carbons (Fsp3) is 0.478. The first-order chi connectivity index (χ1) is 16.6. The third-order valence-corrected chi connectivity index (χ3v) is 9.85. The number of aromatic nitrogens is 1. The van der Waals surface area contributed by atoms with Gasteiger partial charge in [0.15, 0.2) is 0 Å². The monoisotopic (exact) mass is 516 g/mol. The number of amides is 3. The molecule has 1 aromatic heterocycles. The number of anilines is 1. The molecule has 12 heteroatoms. The van der Waals surface area contributed by atoms with Gasteiger partial charge in [0.05, 0.1) is 21.6 Å². The highest BCUT2D eigenvalue weighted by Crippen LogP contribution is 2.54. The van der Waals surface area contributed by atoms with E-state index < -0.39 is 33.3 Å². The molecule has 4 heterocycles. The van der Waals surface area contributed by atoms with Crippen molar-refractivity contribution in [3.8, 4) is 0 Å². The summed E-state index contributed by atoms with van der Waals surface area (Å²) in [6.07, 6.45) is 2.98. The number of benzene rings is 1. The van der Waals surface area contributed by atoms with E-state index in [-0.39, 0.29) is 28.7 Å². The molecule has 184 valence electrons. The average molecular weight is 517 g/mol. The Balaban J connectivity index is 1.47. The van der Waals surface area contributed by atoms with Crippen LogP contribution in [0.5, 0.6) is 0 Å². The molecule has 0 spiro atoms. The number of hydrogen-bond acceptors (Lipinski definition) is 8. The van der Waals surface area contributed by atoms with E-state index in [0.29, 0.717) is 23.0 Å². The van der Waals surface area contributed by atoms with Crippen LogP contribution in [0.4, 0.5) is 11.4 Å². The molecular formula is C23H24N4O6S2. The van der Waals surface area contributed by atoms with E-state index in [2.05, 4.69) is 0 Å². The predicted molar refractivity (Wildman–Crippen MR) is 131 cm³/mol. The molecule has 2 fully saturated rings. The lowest BCUT2D eigenvalue weighted by Crippen LogP contribution is -2.42. The SMILES string of the molecule is CC1(C)c2sc(=O)n(CC(=O)N3CCCCC3)c2SC2C(=O)N(c3ccc([N+](=O)[O-])cc3)C(=O)C21. The molecule has 1 aromatic carbocycles. The Hall–Kier alpha value is -2.99. The fourth-order valence-corrected chi connectivity index (χ4v) is 8.16. The van der Waals surface area contributed by atoms with Crippen LogP contribution >= 0.6 is 23.1 Å². The van der Waals surface area contributed by atoms with Gasteiger partial charge < -0.3 is 4.90 Å². The van der Waals surface area contributed by atoms with Crippen molar-refractivity contribution in [3.63, 3.8) is 0 Å². The van der Waals surface area contributed by atoms with E-state index in [1.54, 1.807) is 4.90 Å². The molecular weight excluding hydrogens is 492 g/mol. The van der Waals surface area contributed by atoms with Crippen LogP contribution in [0.1, 0.15) is 38.0 Å². The van der Waals surface area contributed by atoms with Gasteiger partial charge in [0, 0.05) is 35.5 Å². The maximum Gasteiger partial charge on any atom is 0.308 e. The van der Waals surface area contributed by atoms with Crippen LogP contribution in [-0.2, 0) is 26.3 Å². The highest BCUT2D eigenvalue weighted by atomic mass is 32.2. The van der Waals surface area contributed by atoms with E-state index in [9.17, 15) is 29.3 Å². The van der Waals surface area contributed by atoms with Crippen molar-refractivity contribution in [2.24, 2.45) is 5.92 Å². The zero-order chi connectivity index (χ0) is 25.1. The Morgan fingerprint density at radius 2 is 1.74 bits per heavy atom. The van der Waals surface area contributed by atoms with Gasteiger partial charge in [-0.2, -0.15) is 0 Å². The molecule has 3 aliphatic rings. The lowest BCUT2D eigenvalue weighted by molar-refractivity contribution is -0.384. The normalized spacial score (nSPS) is 23.3. The predicted octanol–water partition coefficient (Wildman–Crippen LogP) is 2.77. The van der Waals surface area contributed by atoms with E-state index >= 15 is 0 Å². The number of carbonyl (C=O) groups is 3. The number of fused-ring (bicyclic) bond motifs is 2. The Labute approximate surface area is 209 Å². The first-order valence-electron chi connectivity index (χ1n) is 11.4. The molecule has 3 aliphatic heterocycles. The summed E-state index contributed by atoms with van der Waals surface area (Å²) in [6.45, 7) is 4.97. The minimum atomic E-state index is -0.809. The Morgan fingerprint density at radius 3 is 2.37 bits per heavy atom. The number of carbonyl (C=O) groups excluding carboxylic acids is 3. The Kier molecular flexibility index (Phi) is 5.83. The maximum absolute atomic E-state index is 13.5. The largest absolute Gasteiger partial charge is 0.341 e. The first-order valence-corrected chi connectivity index (χ1v) is 13.1. The molecule has 0 bridgehead atoms. The van der Waals surface area contributed by atoms with Crippen LogP contribution in [0.25, 0.3) is 0 Å². The summed E-state index contributed by atoms with van der Waals surface area (Å²) in [5, 5.41) is 10.8. The van der Waals surface area contributed by atoms with Crippen molar-refractivity contribution in [2.75, 3.05) is 18.0 Å². The molecule has 35 heavy (non-hydrogen) atoms. The number of nitro benzene ring substituents is 1. The number of rotatable bonds is 4. The zero-order valence-electron chi connectivity index (χ0n) is 19.3. The molecule has 2 atom stereocenters. The second-order valence-corrected chi connectivity index (χ2v) is 11.6. The molecule has 10 nitrogen and oxygen atoms in total. The van der Waals surface area contributed by atoms with Crippen LogP contribution in [0, 0.1) is 16.0 Å². The summed E-state index contributed by atoms with van der Waals surface area (Å²) in [5.41, 5.74) is -0.668. The van der Waals surface area contributed by atoms with E-state index in [4.69, 9.17) is 0 Å². The molecule has 2 unspecified atom stereocenters. The van der Waals surface area contributed by atoms with Crippen LogP contribution in [0.2, 0.25) is 0 Å². The fourth-order valence-electron chi connectivity index (χ4n) is 5.12. The van der Waals surface area contributed by atoms with Crippen LogP contribution < -0.4 is 9.77 Å². The van der Waals surface area contributed by atoms with Gasteiger partial charge in [-0.15, -0.1) is 0 Å². The van der Waals surface area contributed by atoms with Crippen LogP contribution in [0.3, 0.4) is 0 Å². The van der Waals surface area contributed by atoms with E-state index in [0.717, 1.165) is 35.5 Å². The van der Waals surface area contributed by atoms with Gasteiger partial charge in [-0.1, -0.05) is 36.9 Å². The molecule has 3 amide bonds. The lowest BCUT2D eigenvalue weighted by Gasteiger charge is -2.36. The minimum absolute atomic E-state index is 0.0840. The van der Waals surface area contributed by atoms with Gasteiger partial charge >= 0.3 is 4.87 Å². The molecule has 5 rings (SSSR count). The van der Waals surface area contributed by atoms with Gasteiger partial charge in [0.25, 0.3) is 5.69 Å². The van der Waals surface area contributed by atoms with Crippen LogP contribution in [-0.4, -0.2) is 50.5 Å². The molecule has 0 aliphatic carbocycles. The number of nitrogens with zero attached hydrogens (tertiary/aromatic N) is 4. The quantitative estimate of drug-likeness (QED) is 0.348. The van der Waals surface area contributed by atoms with Crippen molar-refractivity contribution >= 4 is 52.2 Å². The third kappa shape index (κ3) is 3.79. The average Bonchev–Trinajstić information content (AvgIpc) is 3.28. The number of thiazole rings is 1. The summed E-state index contributed by atoms with van der Waals surface area (Å²) in [4.78, 5) is 66.5. The van der Waals surface area contributed by atoms with Crippen LogP contribution in [0.15, 0.2) is 34.1 Å². The van der Waals surface area contributed by atoms with Gasteiger partial charge in [-0.25, -0.2) is 4.90 Å². The van der Waals surface area contributed by atoms with E-state index in [1.165, 1.54) is 40.6 Å². The summed E-state index contributed by atoms with van der Waals surface area (Å²) in [6, 6.07) is 5.31. The minimum Gasteiger partial charge on any atom is -0.341 e. The zero-order valence-corrected chi connectivity index (χ0v) is 20.9. The number of imide groups is 1. The number of hydrogen-bond donors (Lipinski definition) is 0. The van der Waals surface area contributed by atoms with Crippen molar-refractivity contribution in [1.82, 2.24) is 9.47 Å². The highest BCUT2D eigenvalue weighted by Gasteiger charge is 2.59. The summed E-state index contributed by atoms with van der Waals surface area (Å²) in [7, 11) is 0. The smallest absolute Gasteiger partial charge is 0.308 e. The number of likely N-dealkylation sites (tertiary alicyclic amines) is 1. The Morgan fingerprint density at radius 1 is 1.09 bits per heavy atom. The molecule has 2 saturated heterocycles. The molecule has 0 saturated carbocycles. The van der Waals surface area contributed by atoms with Gasteiger partial charge in [0.2, 0.25) is 17.7 Å². The number of thioether (sulfide) groups is 1. The molecule has 0 N–H and O–H groups in total. The number of non-ortho nitro benzene ring substituents is 1. The first kappa shape index (κ1) is 23.7. The molecule has 2 aromatic rings. The standard InChI is InChI=1S/C23H24N4O6S2/c1-23(2)16-17(20(30)26(19(16)29)13-6-8-14(9-7-13)27(32)33)34-21-18(23)35-22(31)25(21)12-15(28)24-10-4-3-5-11-24/h6-9,16-17H,3-5,10-12H2,1-2H3. The van der Waals surface area contributed by atoms with Gasteiger partial charge in [-0.3, -0.25) is 33.9 Å². The van der Waals surface area contributed by atoms with Crippen molar-refractivity contribution in [2.45, 2.75) is 55.3 Å². The van der Waals surface area contributed by atoms with Gasteiger partial charge in [0.1, 0.15) is 11.8 Å². The third-order valence-electron chi connectivity index (χ3n) is 7.02. The second-order valence-electron chi connectivity index (χ2n) is 9.55. The lowest BCUT2D eigenvalue weighted by atomic mass is 9.76. The van der Waals surface area contributed by atoms with Crippen molar-refractivity contribution < 1.29 is 19.3 Å². The maximum atomic E-state index is 13.5. The summed E-state index contributed by atoms with van der Waals surface area (Å²) >= 11 is 2.19. The summed E-state index contributed by atoms with van der Waals surface area (Å²) in [5.74, 6) is -1.64. The van der Waals surface area contributed by atoms with Crippen molar-refractivity contribution in [3.05, 3.63) is 48.9 Å². The second kappa shape index (κ2) is 8.59. The topological polar surface area (TPSA) is 123 Å². The van der Waals surface area contributed by atoms with Crippen molar-refractivity contribution in [1.29, 1.82) is 0 Å².